The Kier molecular flexibility index (Phi) is 19.7. The number of rotatable bonds is 16. The first-order valence-electron chi connectivity index (χ1n) is 38.7. The first kappa shape index (κ1) is 72.2. The van der Waals surface area contributed by atoms with Gasteiger partial charge in [0.15, 0.2) is 0 Å². The molecule has 0 radical (unpaired) electrons. The van der Waals surface area contributed by atoms with Crippen LogP contribution in [0.2, 0.25) is 0 Å². The van der Waals surface area contributed by atoms with Crippen LogP contribution in [0.15, 0.2) is 214 Å². The van der Waals surface area contributed by atoms with Gasteiger partial charge in [0.2, 0.25) is 0 Å². The van der Waals surface area contributed by atoms with Gasteiger partial charge in [-0.2, -0.15) is 0 Å². The fourth-order valence-corrected chi connectivity index (χ4v) is 17.3. The summed E-state index contributed by atoms with van der Waals surface area (Å²) in [4.78, 5) is 85.8. The van der Waals surface area contributed by atoms with Gasteiger partial charge in [0, 0.05) is 141 Å². The minimum Gasteiger partial charge on any atom is -0.340 e. The van der Waals surface area contributed by atoms with Gasteiger partial charge in [-0.05, 0) is 159 Å². The minimum absolute atomic E-state index is 0.0445. The highest BCUT2D eigenvalue weighted by molar-refractivity contribution is 6.31. The predicted molar refractivity (Wildman–Crippen MR) is 441 cm³/mol. The maximum atomic E-state index is 14.0. The predicted octanol–water partition coefficient (Wildman–Crippen LogP) is 17.4. The molecule has 2 saturated heterocycles. The van der Waals surface area contributed by atoms with Gasteiger partial charge in [0.05, 0.1) is 0 Å². The molecule has 0 N–H and O–H groups in total. The van der Waals surface area contributed by atoms with Crippen LogP contribution >= 0.6 is 0 Å². The minimum atomic E-state index is -0.625. The van der Waals surface area contributed by atoms with Gasteiger partial charge >= 0.3 is 12.1 Å². The molecule has 4 aliphatic rings. The van der Waals surface area contributed by atoms with Gasteiger partial charge in [0.1, 0.15) is 11.1 Å². The summed E-state index contributed by atoms with van der Waals surface area (Å²) in [5, 5.41) is 19.0. The first-order chi connectivity index (χ1) is 52.2. The molecule has 2 atom stereocenters. The van der Waals surface area contributed by atoms with E-state index in [0.29, 0.717) is 60.5 Å². The highest BCUT2D eigenvalue weighted by Crippen LogP contribution is 2.43. The van der Waals surface area contributed by atoms with E-state index >= 15 is 0 Å². The summed E-state index contributed by atoms with van der Waals surface area (Å²) in [5.74, 6) is -0.434. The van der Waals surface area contributed by atoms with Crippen molar-refractivity contribution in [1.82, 2.24) is 37.9 Å². The van der Waals surface area contributed by atoms with E-state index in [1.165, 1.54) is 128 Å². The van der Waals surface area contributed by atoms with Crippen LogP contribution in [0.1, 0.15) is 107 Å². The largest absolute Gasteiger partial charge is 0.340 e. The molecule has 16 rings (SSSR count). The Bertz CT molecular complexity index is 5960. The number of carbonyl (C=O) groups excluding carboxylic acids is 6. The van der Waals surface area contributed by atoms with Crippen molar-refractivity contribution < 1.29 is 28.8 Å². The smallest absolute Gasteiger partial charge is 0.333 e. The lowest BCUT2D eigenvalue weighted by atomic mass is 9.95. The number of aromatic nitrogens is 4. The number of likely N-dealkylation sites (N-methyl/N-ethyl adjacent to an activating group) is 4. The molecule has 2 aliphatic heterocycles. The molecule has 14 nitrogen and oxygen atoms in total. The van der Waals surface area contributed by atoms with E-state index in [0.717, 1.165) is 102 Å². The molecule has 2 saturated carbocycles. The number of hydrogen-bond acceptors (Lipinski definition) is 6. The van der Waals surface area contributed by atoms with Gasteiger partial charge in [0.25, 0.3) is 23.6 Å². The van der Waals surface area contributed by atoms with E-state index in [1.807, 2.05) is 0 Å². The van der Waals surface area contributed by atoms with Crippen LogP contribution in [0.4, 0.5) is 9.59 Å². The molecule has 14 heteroatoms. The van der Waals surface area contributed by atoms with Crippen LogP contribution in [0, 0.1) is 23.7 Å². The summed E-state index contributed by atoms with van der Waals surface area (Å²) in [6.45, 7) is 21.5. The number of imide groups is 4. The molecule has 4 fully saturated rings. The van der Waals surface area contributed by atoms with Crippen molar-refractivity contribution in [2.24, 2.45) is 23.7 Å². The fraction of sp³-hybridized carbons (Fsp3) is 0.298. The Morgan fingerprint density at radius 3 is 0.843 bits per heavy atom. The van der Waals surface area contributed by atoms with E-state index in [4.69, 9.17) is 0 Å². The molecule has 0 spiro atoms. The number of allylic oxidation sites excluding steroid dienone is 10. The Morgan fingerprint density at radius 2 is 0.583 bits per heavy atom. The zero-order valence-electron chi connectivity index (χ0n) is 64.3. The lowest BCUT2D eigenvalue weighted by Crippen LogP contribution is -2.53. The molecule has 2 unspecified atom stereocenters. The standard InChI is InChI=1S/C49H52N4O3.C45H44N4O3/c1-7-9-14-32(4)30-53-40(38-20-11-16-34-18-13-22-42(53)45(34)38)28-26-36-24-23-35(43(36)46-47(54)50(5)49(56)51(6)48(46)55)25-27-39-37-19-10-15-33-17-12-21-41(44(33)37)52(39)29-31(3)8-2;1-27(2)25-48-35(33-15-7-11-29-13-9-17-37(48)40(29)33)23-21-31-19-20-32(39(31)42-43(50)46(5)45(52)47(6)44(42)51)22-24-36-34-16-8-12-30-14-10-18-38(41(30)34)49(36)26-28(3)4/h10-13,15-22,25-28,31-32H,7-9,14,23-24,29-30H2,1-6H3;7-18,21-24,27-28H,19-20,25-26H2,1-6H3/b35-25-,36-26?,39-27+,40-28+;31-21-,32-22?,35-23+,36-24+. The maximum Gasteiger partial charge on any atom is 0.333 e. The molecule has 0 bridgehead atoms. The highest BCUT2D eigenvalue weighted by Gasteiger charge is 2.44. The van der Waals surface area contributed by atoms with Crippen LogP contribution in [-0.2, 0) is 45.4 Å². The van der Waals surface area contributed by atoms with Crippen molar-refractivity contribution in [3.05, 3.63) is 236 Å². The van der Waals surface area contributed by atoms with Gasteiger partial charge in [-0.3, -0.25) is 38.8 Å². The average Bonchev–Trinajstić information content (AvgIpc) is 1.59. The SMILES string of the molecule is CC(C)Cn1/c(=C/C=C2CC/C(=C/C=c3\c4cccc5cccc(c54)n3CC(C)C)C2=C2C(=O)N(C)C(=O)N(C)C2=O)c2cccc3cccc1c32.CCCCC(C)Cn1/c(=C/C=C2CC/C(=C/C=c3\c4cccc5cccc(c54)n3CC(C)CC)C2=C2C(=O)N(C)C(=O)N(C)C2=O)c2cccc3cccc1c32. The number of benzene rings is 8. The van der Waals surface area contributed by atoms with Crippen LogP contribution < -0.4 is 21.4 Å². The highest BCUT2D eigenvalue weighted by atomic mass is 16.2. The molecular weight excluding hydrogens is 1340 g/mol. The third kappa shape index (κ3) is 12.6. The Morgan fingerprint density at radius 1 is 0.324 bits per heavy atom. The topological polar surface area (TPSA) is 135 Å². The number of amides is 8. The van der Waals surface area contributed by atoms with Crippen LogP contribution in [-0.4, -0.2) is 102 Å². The van der Waals surface area contributed by atoms with Crippen molar-refractivity contribution in [2.75, 3.05) is 28.2 Å². The molecular formula is C94H96N8O6. The summed E-state index contributed by atoms with van der Waals surface area (Å²) in [7, 11) is 5.80. The maximum absolute atomic E-state index is 14.0. The molecule has 12 aromatic rings. The normalized spacial score (nSPS) is 18.7. The van der Waals surface area contributed by atoms with Crippen molar-refractivity contribution in [3.63, 3.8) is 0 Å². The number of barbiturate groups is 2. The number of carbonyl (C=O) groups is 6. The zero-order chi connectivity index (χ0) is 75.7. The lowest BCUT2D eigenvalue weighted by molar-refractivity contribution is -0.136. The second-order valence-electron chi connectivity index (χ2n) is 31.2. The van der Waals surface area contributed by atoms with Crippen molar-refractivity contribution in [1.29, 1.82) is 0 Å². The molecule has 4 aromatic heterocycles. The summed E-state index contributed by atoms with van der Waals surface area (Å²) >= 11 is 0. The Labute approximate surface area is 630 Å². The molecule has 108 heavy (non-hydrogen) atoms. The summed E-state index contributed by atoms with van der Waals surface area (Å²) < 4.78 is 9.67. The monoisotopic (exact) mass is 1430 g/mol. The Balaban J connectivity index is 0.000000173. The van der Waals surface area contributed by atoms with Crippen LogP contribution in [0.5, 0.6) is 0 Å². The van der Waals surface area contributed by atoms with Gasteiger partial charge in [-0.15, -0.1) is 0 Å². The third-order valence-corrected chi connectivity index (χ3v) is 22.9. The number of urea groups is 2. The number of hydrogen-bond donors (Lipinski definition) is 0. The van der Waals surface area contributed by atoms with Gasteiger partial charge in [-0.1, -0.05) is 220 Å². The van der Waals surface area contributed by atoms with E-state index in [-0.39, 0.29) is 11.1 Å². The summed E-state index contributed by atoms with van der Waals surface area (Å²) in [5.41, 5.74) is 9.85. The Hall–Kier alpha value is -11.4. The van der Waals surface area contributed by atoms with Crippen LogP contribution in [0.25, 0.3) is 111 Å². The quantitative estimate of drug-likeness (QED) is 0.0698. The lowest BCUT2D eigenvalue weighted by Gasteiger charge is -2.30. The molecule has 2 aliphatic carbocycles. The average molecular weight is 1430 g/mol. The van der Waals surface area contributed by atoms with E-state index < -0.39 is 35.7 Å². The van der Waals surface area contributed by atoms with E-state index in [9.17, 15) is 28.8 Å². The molecule has 8 aromatic carbocycles. The zero-order valence-corrected chi connectivity index (χ0v) is 64.3. The second-order valence-corrected chi connectivity index (χ2v) is 31.2. The summed E-state index contributed by atoms with van der Waals surface area (Å²) in [6, 6.07) is 50.5. The van der Waals surface area contributed by atoms with Crippen molar-refractivity contribution in [3.8, 4) is 0 Å². The molecule has 6 heterocycles. The van der Waals surface area contributed by atoms with Crippen LogP contribution in [0.3, 0.4) is 0 Å². The molecule has 8 amide bonds. The van der Waals surface area contributed by atoms with E-state index in [2.05, 4.69) is 268 Å². The third-order valence-electron chi connectivity index (χ3n) is 22.9. The van der Waals surface area contributed by atoms with Crippen molar-refractivity contribution in [2.45, 2.75) is 133 Å². The summed E-state index contributed by atoms with van der Waals surface area (Å²) in [6.07, 6.45) is 24.3. The fourth-order valence-electron chi connectivity index (χ4n) is 17.3. The second kappa shape index (κ2) is 29.4. The molecule has 548 valence electrons. The van der Waals surface area contributed by atoms with Gasteiger partial charge < -0.3 is 18.3 Å². The van der Waals surface area contributed by atoms with Gasteiger partial charge in [-0.25, -0.2) is 9.59 Å². The first-order valence-corrected chi connectivity index (χ1v) is 38.7. The number of unbranched alkanes of at least 4 members (excludes halogenated alkanes) is 1. The van der Waals surface area contributed by atoms with E-state index in [1.54, 1.807) is 0 Å². The number of nitrogens with zero attached hydrogens (tertiary/aromatic N) is 8. The van der Waals surface area contributed by atoms with Crippen molar-refractivity contribution >= 4 is 147 Å².